The van der Waals surface area contributed by atoms with E-state index in [1.54, 1.807) is 24.3 Å². The number of rotatable bonds is 5. The molecule has 3 rings (SSSR count). The zero-order chi connectivity index (χ0) is 12.1. The molecular weight excluding hydrogens is 236 g/mol. The van der Waals surface area contributed by atoms with Gasteiger partial charge in [-0.2, -0.15) is 0 Å². The zero-order valence-corrected chi connectivity index (χ0v) is 10.4. The van der Waals surface area contributed by atoms with Crippen molar-refractivity contribution in [2.24, 2.45) is 5.41 Å². The summed E-state index contributed by atoms with van der Waals surface area (Å²) in [4.78, 5) is 0.448. The minimum Gasteiger partial charge on any atom is -0.396 e. The molecule has 0 spiro atoms. The third kappa shape index (κ3) is 1.34. The molecular formula is C13H16O3S. The molecule has 0 aromatic heterocycles. The molecule has 2 aliphatic carbocycles. The standard InChI is InChI=1S/C13H16O3S/c14-8-4-7-12-9-13(12,10-12)17(15,16)11-5-2-1-3-6-11/h1-3,5-6,14H,4,7-10H2. The van der Waals surface area contributed by atoms with Crippen LogP contribution < -0.4 is 0 Å². The lowest BCUT2D eigenvalue weighted by atomic mass is 10.1. The second kappa shape index (κ2) is 3.33. The largest absolute Gasteiger partial charge is 0.396 e. The van der Waals surface area contributed by atoms with E-state index in [0.717, 1.165) is 19.3 Å². The van der Waals surface area contributed by atoms with Crippen molar-refractivity contribution < 1.29 is 13.5 Å². The van der Waals surface area contributed by atoms with Gasteiger partial charge in [-0.3, -0.25) is 0 Å². The molecule has 2 saturated carbocycles. The molecule has 2 aliphatic rings. The van der Waals surface area contributed by atoms with Crippen LogP contribution in [0.5, 0.6) is 0 Å². The van der Waals surface area contributed by atoms with Gasteiger partial charge in [0.2, 0.25) is 0 Å². The fraction of sp³-hybridized carbons (Fsp3) is 0.538. The van der Waals surface area contributed by atoms with Crippen LogP contribution in [0.4, 0.5) is 0 Å². The number of aliphatic hydroxyl groups is 1. The molecule has 0 heterocycles. The van der Waals surface area contributed by atoms with Gasteiger partial charge in [0.05, 0.1) is 9.64 Å². The first-order valence-corrected chi connectivity index (χ1v) is 7.47. The van der Waals surface area contributed by atoms with Gasteiger partial charge < -0.3 is 5.11 Å². The predicted octanol–water partition coefficient (Wildman–Crippen LogP) is 1.77. The summed E-state index contributed by atoms with van der Waals surface area (Å²) < 4.78 is 24.5. The van der Waals surface area contributed by atoms with Gasteiger partial charge in [0.25, 0.3) is 0 Å². The number of aliphatic hydroxyl groups excluding tert-OH is 1. The van der Waals surface area contributed by atoms with E-state index < -0.39 is 14.6 Å². The van der Waals surface area contributed by atoms with Gasteiger partial charge >= 0.3 is 0 Å². The van der Waals surface area contributed by atoms with Crippen molar-refractivity contribution in [3.8, 4) is 0 Å². The van der Waals surface area contributed by atoms with Crippen LogP contribution in [-0.2, 0) is 9.84 Å². The Morgan fingerprint density at radius 3 is 2.41 bits per heavy atom. The average molecular weight is 252 g/mol. The summed E-state index contributed by atoms with van der Waals surface area (Å²) in [6, 6.07) is 8.72. The lowest BCUT2D eigenvalue weighted by molar-refractivity contribution is 0.276. The summed E-state index contributed by atoms with van der Waals surface area (Å²) in [7, 11) is -3.16. The van der Waals surface area contributed by atoms with Gasteiger partial charge in [0, 0.05) is 6.61 Å². The van der Waals surface area contributed by atoms with Crippen LogP contribution in [0.25, 0.3) is 0 Å². The smallest absolute Gasteiger partial charge is 0.184 e. The van der Waals surface area contributed by atoms with E-state index in [2.05, 4.69) is 0 Å². The summed E-state index contributed by atoms with van der Waals surface area (Å²) in [5.41, 5.74) is 0.00437. The molecule has 4 heteroatoms. The molecule has 0 atom stereocenters. The Morgan fingerprint density at radius 2 is 1.82 bits per heavy atom. The van der Waals surface area contributed by atoms with Crippen LogP contribution in [0, 0.1) is 5.41 Å². The molecule has 92 valence electrons. The maximum atomic E-state index is 12.5. The van der Waals surface area contributed by atoms with E-state index in [4.69, 9.17) is 5.11 Å². The summed E-state index contributed by atoms with van der Waals surface area (Å²) in [6.07, 6.45) is 3.13. The molecule has 1 aromatic rings. The predicted molar refractivity (Wildman–Crippen MR) is 64.3 cm³/mol. The molecule has 3 nitrogen and oxygen atoms in total. The van der Waals surface area contributed by atoms with Crippen molar-refractivity contribution in [2.75, 3.05) is 6.61 Å². The highest BCUT2D eigenvalue weighted by molar-refractivity contribution is 7.93. The average Bonchev–Trinajstić information content (AvgIpc) is 3.14. The van der Waals surface area contributed by atoms with Crippen molar-refractivity contribution in [2.45, 2.75) is 35.3 Å². The Bertz CT molecular complexity index is 527. The molecule has 1 N–H and O–H groups in total. The monoisotopic (exact) mass is 252 g/mol. The van der Waals surface area contributed by atoms with Crippen LogP contribution in [-0.4, -0.2) is 24.9 Å². The third-order valence-electron chi connectivity index (χ3n) is 4.35. The number of sulfone groups is 1. The van der Waals surface area contributed by atoms with Crippen LogP contribution in [0.3, 0.4) is 0 Å². The maximum absolute atomic E-state index is 12.5. The molecule has 0 amide bonds. The molecule has 0 saturated heterocycles. The lowest BCUT2D eigenvalue weighted by Crippen LogP contribution is -2.14. The van der Waals surface area contributed by atoms with Crippen LogP contribution in [0.1, 0.15) is 25.7 Å². The number of hydrogen-bond donors (Lipinski definition) is 1. The first kappa shape index (κ1) is 11.2. The molecule has 17 heavy (non-hydrogen) atoms. The third-order valence-corrected chi connectivity index (χ3v) is 6.99. The van der Waals surface area contributed by atoms with Gasteiger partial charge in [-0.15, -0.1) is 0 Å². The highest BCUT2D eigenvalue weighted by atomic mass is 32.2. The molecule has 0 aliphatic heterocycles. The van der Waals surface area contributed by atoms with Crippen molar-refractivity contribution >= 4 is 9.84 Å². The van der Waals surface area contributed by atoms with Crippen LogP contribution in [0.15, 0.2) is 35.2 Å². The van der Waals surface area contributed by atoms with E-state index in [1.165, 1.54) is 0 Å². The second-order valence-corrected chi connectivity index (χ2v) is 7.53. The first-order valence-electron chi connectivity index (χ1n) is 5.99. The van der Waals surface area contributed by atoms with Crippen molar-refractivity contribution in [3.05, 3.63) is 30.3 Å². The SMILES string of the molecule is O=S(=O)(c1ccccc1)C12CC1(CCCO)C2. The van der Waals surface area contributed by atoms with Gasteiger partial charge in [-0.25, -0.2) is 8.42 Å². The van der Waals surface area contributed by atoms with E-state index >= 15 is 0 Å². The lowest BCUT2D eigenvalue weighted by Gasteiger charge is -2.05. The zero-order valence-electron chi connectivity index (χ0n) is 9.59. The Labute approximate surface area is 101 Å². The first-order chi connectivity index (χ1) is 8.08. The number of fused-ring (bicyclic) bond motifs is 1. The van der Waals surface area contributed by atoms with Crippen LogP contribution in [0.2, 0.25) is 0 Å². The Hall–Kier alpha value is -0.870. The van der Waals surface area contributed by atoms with E-state index in [-0.39, 0.29) is 12.0 Å². The quantitative estimate of drug-likeness (QED) is 0.869. The van der Waals surface area contributed by atoms with Gasteiger partial charge in [0.1, 0.15) is 0 Å². The number of hydrogen-bond acceptors (Lipinski definition) is 3. The van der Waals surface area contributed by atoms with Crippen molar-refractivity contribution in [1.29, 1.82) is 0 Å². The minimum atomic E-state index is -3.16. The van der Waals surface area contributed by atoms with E-state index in [1.807, 2.05) is 6.07 Å². The Morgan fingerprint density at radius 1 is 1.18 bits per heavy atom. The highest BCUT2D eigenvalue weighted by Crippen LogP contribution is 2.85. The summed E-state index contributed by atoms with van der Waals surface area (Å²) in [6.45, 7) is 0.156. The second-order valence-electron chi connectivity index (χ2n) is 5.27. The van der Waals surface area contributed by atoms with Crippen molar-refractivity contribution in [1.82, 2.24) is 0 Å². The van der Waals surface area contributed by atoms with Crippen molar-refractivity contribution in [3.63, 3.8) is 0 Å². The van der Waals surface area contributed by atoms with E-state index in [9.17, 15) is 8.42 Å². The fourth-order valence-electron chi connectivity index (χ4n) is 3.08. The molecule has 0 radical (unpaired) electrons. The van der Waals surface area contributed by atoms with E-state index in [0.29, 0.717) is 11.3 Å². The normalized spacial score (nSPS) is 34.2. The fourth-order valence-corrected chi connectivity index (χ4v) is 5.65. The molecule has 2 fully saturated rings. The summed E-state index contributed by atoms with van der Waals surface area (Å²) in [5.74, 6) is 0. The maximum Gasteiger partial charge on any atom is 0.184 e. The minimum absolute atomic E-state index is 0.00437. The van der Waals surface area contributed by atoms with Crippen LogP contribution >= 0.6 is 0 Å². The topological polar surface area (TPSA) is 54.4 Å². The van der Waals surface area contributed by atoms with Gasteiger partial charge in [-0.1, -0.05) is 18.2 Å². The number of benzene rings is 1. The summed E-state index contributed by atoms with van der Waals surface area (Å²) >= 11 is 0. The molecule has 0 unspecified atom stereocenters. The molecule has 1 aromatic carbocycles. The highest BCUT2D eigenvalue weighted by Gasteiger charge is 2.88. The summed E-state index contributed by atoms with van der Waals surface area (Å²) in [5, 5.41) is 8.83. The Balaban J connectivity index is 1.85. The Kier molecular flexibility index (Phi) is 2.20. The molecule has 0 bridgehead atoms. The van der Waals surface area contributed by atoms with Gasteiger partial charge in [-0.05, 0) is 43.2 Å². The van der Waals surface area contributed by atoms with Gasteiger partial charge in [0.15, 0.2) is 9.84 Å².